The van der Waals surface area contributed by atoms with Crippen molar-refractivity contribution in [1.82, 2.24) is 4.90 Å². The molecular weight excluding hydrogens is 436 g/mol. The van der Waals surface area contributed by atoms with Gasteiger partial charge in [-0.3, -0.25) is 4.90 Å². The Morgan fingerprint density at radius 3 is 2.35 bits per heavy atom. The second-order valence-electron chi connectivity index (χ2n) is 9.33. The number of nitrogens with zero attached hydrogens (tertiary/aromatic N) is 2. The molecule has 1 saturated heterocycles. The summed E-state index contributed by atoms with van der Waals surface area (Å²) in [6.45, 7) is 17.9. The van der Waals surface area contributed by atoms with Crippen molar-refractivity contribution in [3.63, 3.8) is 0 Å². The van der Waals surface area contributed by atoms with E-state index in [0.29, 0.717) is 0 Å². The van der Waals surface area contributed by atoms with E-state index in [9.17, 15) is 0 Å². The normalized spacial score (nSPS) is 13.6. The molecule has 3 heteroatoms. The van der Waals surface area contributed by atoms with Crippen LogP contribution in [0.5, 0.6) is 0 Å². The number of allylic oxidation sites excluding steroid dienone is 1. The van der Waals surface area contributed by atoms with E-state index < -0.39 is 0 Å². The van der Waals surface area contributed by atoms with Crippen LogP contribution < -0.4 is 0 Å². The highest BCUT2D eigenvalue weighted by molar-refractivity contribution is 6.31. The van der Waals surface area contributed by atoms with Crippen LogP contribution in [0.3, 0.4) is 0 Å². The number of benzene rings is 3. The van der Waals surface area contributed by atoms with E-state index in [1.54, 1.807) is 0 Å². The molecule has 0 aromatic heterocycles. The van der Waals surface area contributed by atoms with Gasteiger partial charge in [-0.25, -0.2) is 4.99 Å². The lowest BCUT2D eigenvalue weighted by atomic mass is 9.88. The minimum absolute atomic E-state index is 0.735. The minimum Gasteiger partial charge on any atom is -0.299 e. The molecule has 2 nitrogen and oxygen atoms in total. The van der Waals surface area contributed by atoms with Crippen molar-refractivity contribution in [2.45, 2.75) is 46.6 Å². The highest BCUT2D eigenvalue weighted by atomic mass is 35.5. The van der Waals surface area contributed by atoms with E-state index in [1.165, 1.54) is 64.9 Å². The molecule has 0 N–H and O–H groups in total. The number of hydrogen-bond donors (Lipinski definition) is 0. The molecule has 1 heterocycles. The van der Waals surface area contributed by atoms with Gasteiger partial charge in [0.1, 0.15) is 0 Å². The van der Waals surface area contributed by atoms with E-state index in [4.69, 9.17) is 11.6 Å². The molecule has 174 valence electrons. The zero-order valence-electron chi connectivity index (χ0n) is 20.5. The van der Waals surface area contributed by atoms with Crippen LogP contribution in [0.2, 0.25) is 5.02 Å². The Balaban J connectivity index is 1.61. The predicted molar refractivity (Wildman–Crippen MR) is 148 cm³/mol. The molecule has 3 aromatic carbocycles. The molecule has 0 saturated carbocycles. The highest BCUT2D eigenvalue weighted by Crippen LogP contribution is 2.36. The van der Waals surface area contributed by atoms with Crippen LogP contribution in [0.25, 0.3) is 16.7 Å². The predicted octanol–water partition coefficient (Wildman–Crippen LogP) is 8.27. The molecule has 0 unspecified atom stereocenters. The van der Waals surface area contributed by atoms with Crippen LogP contribution in [0.15, 0.2) is 66.7 Å². The molecule has 3 aromatic rings. The fraction of sp³-hybridized carbons (Fsp3) is 0.290. The SMILES string of the molecule is C=C=Nc1cccc(-c2cccc(C(=C)Cc3c(C)cc(CN4CCCC4)cc3Cl)c2C)c1C. The lowest BCUT2D eigenvalue weighted by Gasteiger charge is -2.19. The second-order valence-corrected chi connectivity index (χ2v) is 9.74. The van der Waals surface area contributed by atoms with Crippen LogP contribution in [0.1, 0.15) is 46.2 Å². The van der Waals surface area contributed by atoms with Crippen molar-refractivity contribution in [2.75, 3.05) is 13.1 Å². The van der Waals surface area contributed by atoms with E-state index >= 15 is 0 Å². The summed E-state index contributed by atoms with van der Waals surface area (Å²) in [6.07, 6.45) is 3.33. The van der Waals surface area contributed by atoms with Crippen LogP contribution >= 0.6 is 11.6 Å². The largest absolute Gasteiger partial charge is 0.299 e. The fourth-order valence-electron chi connectivity index (χ4n) is 5.10. The van der Waals surface area contributed by atoms with Crippen LogP contribution in [0, 0.1) is 20.8 Å². The lowest BCUT2D eigenvalue weighted by molar-refractivity contribution is 0.331. The monoisotopic (exact) mass is 468 g/mol. The molecule has 0 aliphatic carbocycles. The molecule has 0 radical (unpaired) electrons. The molecule has 0 bridgehead atoms. The van der Waals surface area contributed by atoms with E-state index in [1.807, 2.05) is 12.1 Å². The molecule has 4 rings (SSSR count). The summed E-state index contributed by atoms with van der Waals surface area (Å²) < 4.78 is 0. The number of halogens is 1. The zero-order chi connectivity index (χ0) is 24.2. The minimum atomic E-state index is 0.735. The number of aliphatic imine (C=N–C) groups is 1. The highest BCUT2D eigenvalue weighted by Gasteiger charge is 2.16. The van der Waals surface area contributed by atoms with Gasteiger partial charge in [-0.1, -0.05) is 54.6 Å². The standard InChI is InChI=1S/C31H33ClN2/c1-6-33-31-14-10-13-28(24(31)5)27-12-9-11-26(23(27)4)22(3)18-29-21(2)17-25(19-30(29)32)20-34-15-7-8-16-34/h9-14,17,19H,1,3,7-8,15-16,18,20H2,2,4-5H3. The molecular formula is C31H33ClN2. The third-order valence-corrected chi connectivity index (χ3v) is 7.32. The van der Waals surface area contributed by atoms with Crippen LogP contribution in [0.4, 0.5) is 5.69 Å². The van der Waals surface area contributed by atoms with Gasteiger partial charge in [0, 0.05) is 11.6 Å². The van der Waals surface area contributed by atoms with E-state index in [2.05, 4.69) is 86.1 Å². The Morgan fingerprint density at radius 2 is 1.68 bits per heavy atom. The summed E-state index contributed by atoms with van der Waals surface area (Å²) in [5.41, 5.74) is 11.6. The maximum absolute atomic E-state index is 6.81. The second kappa shape index (κ2) is 10.6. The topological polar surface area (TPSA) is 15.6 Å². The smallest absolute Gasteiger partial charge is 0.0764 e. The number of likely N-dealkylation sites (tertiary alicyclic amines) is 1. The Morgan fingerprint density at radius 1 is 1.00 bits per heavy atom. The number of rotatable bonds is 7. The number of hydrogen-bond acceptors (Lipinski definition) is 2. The van der Waals surface area contributed by atoms with E-state index in [0.717, 1.165) is 34.8 Å². The van der Waals surface area contributed by atoms with E-state index in [-0.39, 0.29) is 0 Å². The van der Waals surface area contributed by atoms with Crippen LogP contribution in [-0.2, 0) is 13.0 Å². The first-order chi connectivity index (χ1) is 16.4. The molecule has 0 spiro atoms. The molecule has 1 fully saturated rings. The summed E-state index contributed by atoms with van der Waals surface area (Å²) in [5, 5.41) is 0.843. The first kappa shape index (κ1) is 24.2. The maximum atomic E-state index is 6.81. The third-order valence-electron chi connectivity index (χ3n) is 6.98. The fourth-order valence-corrected chi connectivity index (χ4v) is 5.46. The van der Waals surface area contributed by atoms with Gasteiger partial charge in [0.2, 0.25) is 0 Å². The van der Waals surface area contributed by atoms with Gasteiger partial charge in [0.25, 0.3) is 0 Å². The Bertz CT molecular complexity index is 1250. The quantitative estimate of drug-likeness (QED) is 0.318. The summed E-state index contributed by atoms with van der Waals surface area (Å²) in [6, 6.07) is 17.1. The van der Waals surface area contributed by atoms with Crippen molar-refractivity contribution in [3.8, 4) is 11.1 Å². The summed E-state index contributed by atoms with van der Waals surface area (Å²) in [4.78, 5) is 6.81. The van der Waals surface area contributed by atoms with Gasteiger partial charge in [-0.05, 0) is 128 Å². The molecule has 0 atom stereocenters. The van der Waals surface area contributed by atoms with Gasteiger partial charge >= 0.3 is 0 Å². The van der Waals surface area contributed by atoms with Crippen molar-refractivity contribution in [2.24, 2.45) is 4.99 Å². The van der Waals surface area contributed by atoms with Gasteiger partial charge < -0.3 is 0 Å². The zero-order valence-corrected chi connectivity index (χ0v) is 21.3. The van der Waals surface area contributed by atoms with Crippen LogP contribution in [-0.4, -0.2) is 23.9 Å². The van der Waals surface area contributed by atoms with Crippen molar-refractivity contribution in [3.05, 3.63) is 100 Å². The first-order valence-electron chi connectivity index (χ1n) is 12.0. The van der Waals surface area contributed by atoms with Crippen molar-refractivity contribution in [1.29, 1.82) is 0 Å². The molecule has 1 aliphatic heterocycles. The molecule has 0 amide bonds. The van der Waals surface area contributed by atoms with Crippen molar-refractivity contribution >= 4 is 28.7 Å². The first-order valence-corrected chi connectivity index (χ1v) is 12.4. The maximum Gasteiger partial charge on any atom is 0.0764 e. The Labute approximate surface area is 209 Å². The van der Waals surface area contributed by atoms with Crippen molar-refractivity contribution < 1.29 is 0 Å². The molecule has 1 aliphatic rings. The van der Waals surface area contributed by atoms with Gasteiger partial charge in [0.15, 0.2) is 0 Å². The average molecular weight is 469 g/mol. The summed E-state index contributed by atoms with van der Waals surface area (Å²) in [5.74, 6) is 2.66. The number of aryl methyl sites for hydroxylation is 1. The third kappa shape index (κ3) is 5.10. The van der Waals surface area contributed by atoms with Gasteiger partial charge in [-0.2, -0.15) is 0 Å². The summed E-state index contributed by atoms with van der Waals surface area (Å²) >= 11 is 6.81. The summed E-state index contributed by atoms with van der Waals surface area (Å²) in [7, 11) is 0. The average Bonchev–Trinajstić information content (AvgIpc) is 3.31. The van der Waals surface area contributed by atoms with Gasteiger partial charge in [0.05, 0.1) is 5.69 Å². The lowest BCUT2D eigenvalue weighted by Crippen LogP contribution is -2.18. The Kier molecular flexibility index (Phi) is 7.54. The van der Waals surface area contributed by atoms with Gasteiger partial charge in [-0.15, -0.1) is 0 Å². The Hall–Kier alpha value is -2.90. The molecule has 34 heavy (non-hydrogen) atoms.